The number of carbonyl (C=O) groups excluding carboxylic acids is 2. The molecule has 0 bridgehead atoms. The second-order valence-electron chi connectivity index (χ2n) is 7.68. The molecular formula is C17H22BrFN6O3. The number of hydrogen-bond acceptors (Lipinski definition) is 6. The van der Waals surface area contributed by atoms with Gasteiger partial charge in [-0.1, -0.05) is 0 Å². The summed E-state index contributed by atoms with van der Waals surface area (Å²) in [5, 5.41) is 7.27. The van der Waals surface area contributed by atoms with Gasteiger partial charge in [-0.15, -0.1) is 0 Å². The van der Waals surface area contributed by atoms with Crippen LogP contribution in [0, 0.1) is 5.92 Å². The van der Waals surface area contributed by atoms with Gasteiger partial charge in [0.1, 0.15) is 10.2 Å². The number of likely N-dealkylation sites (tertiary alicyclic amines) is 1. The number of rotatable bonds is 4. The van der Waals surface area contributed by atoms with Crippen molar-refractivity contribution in [3.63, 3.8) is 0 Å². The number of aromatic nitrogens is 3. The number of fused-ring (bicyclic) bond motifs is 1. The number of nitrogens with two attached hydrogens (primary N) is 1. The normalized spacial score (nSPS) is 19.8. The largest absolute Gasteiger partial charge is 0.444 e. The van der Waals surface area contributed by atoms with Crippen LogP contribution in [0.2, 0.25) is 0 Å². The zero-order valence-electron chi connectivity index (χ0n) is 15.8. The molecule has 1 aliphatic rings. The number of halogens is 2. The molecule has 11 heteroatoms. The van der Waals surface area contributed by atoms with E-state index in [-0.39, 0.29) is 18.7 Å². The van der Waals surface area contributed by atoms with Crippen LogP contribution in [0.1, 0.15) is 31.1 Å². The molecule has 0 radical (unpaired) electrons. The number of anilines is 1. The Balaban J connectivity index is 1.89. The highest BCUT2D eigenvalue weighted by molar-refractivity contribution is 9.10. The zero-order chi connectivity index (χ0) is 20.6. The van der Waals surface area contributed by atoms with E-state index in [9.17, 15) is 14.0 Å². The minimum Gasteiger partial charge on any atom is -0.444 e. The average Bonchev–Trinajstić information content (AvgIpc) is 3.16. The van der Waals surface area contributed by atoms with Crippen molar-refractivity contribution in [2.45, 2.75) is 32.4 Å². The van der Waals surface area contributed by atoms with Crippen molar-refractivity contribution in [1.82, 2.24) is 19.5 Å². The lowest BCUT2D eigenvalue weighted by molar-refractivity contribution is 0.0286. The van der Waals surface area contributed by atoms with Gasteiger partial charge < -0.3 is 20.7 Å². The van der Waals surface area contributed by atoms with Crippen LogP contribution in [-0.2, 0) is 4.74 Å². The second kappa shape index (κ2) is 7.53. The van der Waals surface area contributed by atoms with Gasteiger partial charge in [0.25, 0.3) is 5.91 Å². The third-order valence-corrected chi connectivity index (χ3v) is 4.73. The molecule has 152 valence electrons. The number of ether oxygens (including phenoxy) is 1. The number of primary amides is 1. The van der Waals surface area contributed by atoms with Crippen LogP contribution in [0.4, 0.5) is 14.9 Å². The Bertz CT molecular complexity index is 912. The molecule has 1 fully saturated rings. The van der Waals surface area contributed by atoms with Crippen molar-refractivity contribution in [3.05, 3.63) is 22.6 Å². The van der Waals surface area contributed by atoms with Gasteiger partial charge in [-0.05, 0) is 36.7 Å². The molecule has 2 aromatic heterocycles. The first-order valence-electron chi connectivity index (χ1n) is 8.73. The molecule has 0 aliphatic carbocycles. The van der Waals surface area contributed by atoms with E-state index in [0.717, 1.165) is 0 Å². The summed E-state index contributed by atoms with van der Waals surface area (Å²) in [7, 11) is 0. The Kier molecular flexibility index (Phi) is 5.46. The molecule has 9 nitrogen and oxygen atoms in total. The molecule has 0 spiro atoms. The number of nitrogens with zero attached hydrogens (tertiary/aromatic N) is 4. The third kappa shape index (κ3) is 4.18. The van der Waals surface area contributed by atoms with E-state index >= 15 is 0 Å². The summed E-state index contributed by atoms with van der Waals surface area (Å²) in [5.41, 5.74) is 5.69. The number of imidazole rings is 1. The van der Waals surface area contributed by atoms with E-state index in [1.54, 1.807) is 27.0 Å². The van der Waals surface area contributed by atoms with Crippen molar-refractivity contribution < 1.29 is 18.7 Å². The van der Waals surface area contributed by atoms with Crippen molar-refractivity contribution in [2.75, 3.05) is 25.1 Å². The van der Waals surface area contributed by atoms with Gasteiger partial charge >= 0.3 is 6.09 Å². The predicted molar refractivity (Wildman–Crippen MR) is 104 cm³/mol. The highest BCUT2D eigenvalue weighted by Gasteiger charge is 2.38. The lowest BCUT2D eigenvalue weighted by atomic mass is 10.0. The first kappa shape index (κ1) is 20.3. The van der Waals surface area contributed by atoms with Crippen LogP contribution < -0.4 is 11.1 Å². The van der Waals surface area contributed by atoms with E-state index in [2.05, 4.69) is 31.3 Å². The summed E-state index contributed by atoms with van der Waals surface area (Å²) in [6.07, 6.45) is 2.45. The van der Waals surface area contributed by atoms with Crippen LogP contribution in [0.15, 0.2) is 17.0 Å². The Morgan fingerprint density at radius 2 is 2.14 bits per heavy atom. The van der Waals surface area contributed by atoms with E-state index < -0.39 is 36.2 Å². The number of alkyl halides is 1. The lowest BCUT2D eigenvalue weighted by Gasteiger charge is -2.24. The average molecular weight is 457 g/mol. The predicted octanol–water partition coefficient (Wildman–Crippen LogP) is 2.21. The monoisotopic (exact) mass is 456 g/mol. The Morgan fingerprint density at radius 3 is 2.75 bits per heavy atom. The van der Waals surface area contributed by atoms with E-state index in [1.165, 1.54) is 15.6 Å². The van der Waals surface area contributed by atoms with Crippen molar-refractivity contribution in [2.24, 2.45) is 11.7 Å². The molecule has 2 atom stereocenters. The van der Waals surface area contributed by atoms with Crippen LogP contribution in [0.3, 0.4) is 0 Å². The van der Waals surface area contributed by atoms with Crippen LogP contribution >= 0.6 is 15.9 Å². The molecule has 0 aromatic carbocycles. The van der Waals surface area contributed by atoms with Crippen molar-refractivity contribution >= 4 is 39.3 Å². The third-order valence-electron chi connectivity index (χ3n) is 4.35. The van der Waals surface area contributed by atoms with E-state index in [1.807, 2.05) is 0 Å². The molecule has 2 aromatic rings. The molecule has 3 heterocycles. The standard InChI is InChI=1S/C17H22BrFN6O3/c1-17(2,3)28-16(27)24-6-9(4-19)11(7-24)22-13-10(14(20)26)5-21-25-8-12(18)23-15(13)25/h5,8-9,11,22H,4,6-7H2,1-3H3,(H2,20,26). The molecule has 3 rings (SSSR count). The molecule has 2 amide bonds. The summed E-state index contributed by atoms with van der Waals surface area (Å²) >= 11 is 3.27. The molecule has 2 unspecified atom stereocenters. The minimum absolute atomic E-state index is 0.138. The maximum absolute atomic E-state index is 13.7. The minimum atomic E-state index is -0.685. The molecule has 0 saturated carbocycles. The van der Waals surface area contributed by atoms with Gasteiger partial charge in [0, 0.05) is 19.0 Å². The summed E-state index contributed by atoms with van der Waals surface area (Å²) in [6.45, 7) is 5.10. The van der Waals surface area contributed by atoms with Crippen LogP contribution in [0.25, 0.3) is 5.65 Å². The fourth-order valence-electron chi connectivity index (χ4n) is 3.09. The maximum Gasteiger partial charge on any atom is 0.410 e. The van der Waals surface area contributed by atoms with Crippen molar-refractivity contribution in [3.8, 4) is 0 Å². The van der Waals surface area contributed by atoms with E-state index in [0.29, 0.717) is 15.9 Å². The number of hydrogen-bond donors (Lipinski definition) is 2. The van der Waals surface area contributed by atoms with Crippen molar-refractivity contribution in [1.29, 1.82) is 0 Å². The highest BCUT2D eigenvalue weighted by atomic mass is 79.9. The molecule has 1 aliphatic heterocycles. The second-order valence-corrected chi connectivity index (χ2v) is 8.49. The zero-order valence-corrected chi connectivity index (χ0v) is 17.4. The number of amides is 2. The van der Waals surface area contributed by atoms with Gasteiger partial charge in [0.05, 0.1) is 36.4 Å². The lowest BCUT2D eigenvalue weighted by Crippen LogP contribution is -2.36. The summed E-state index contributed by atoms with van der Waals surface area (Å²) in [6, 6.07) is -0.447. The van der Waals surface area contributed by atoms with Gasteiger partial charge in [0.15, 0.2) is 5.65 Å². The topological polar surface area (TPSA) is 115 Å². The fourth-order valence-corrected chi connectivity index (χ4v) is 3.45. The van der Waals surface area contributed by atoms with Crippen LogP contribution in [-0.4, -0.2) is 62.9 Å². The van der Waals surface area contributed by atoms with Crippen LogP contribution in [0.5, 0.6) is 0 Å². The Morgan fingerprint density at radius 1 is 1.43 bits per heavy atom. The summed E-state index contributed by atoms with van der Waals surface area (Å²) in [4.78, 5) is 30.0. The van der Waals surface area contributed by atoms with Gasteiger partial charge in [-0.25, -0.2) is 14.3 Å². The summed E-state index contributed by atoms with van der Waals surface area (Å²) in [5.74, 6) is -1.16. The van der Waals surface area contributed by atoms with Gasteiger partial charge in [-0.2, -0.15) is 5.10 Å². The first-order valence-corrected chi connectivity index (χ1v) is 9.52. The number of nitrogens with one attached hydrogen (secondary N) is 1. The molecule has 1 saturated heterocycles. The molecule has 3 N–H and O–H groups in total. The number of carbonyl (C=O) groups is 2. The first-order chi connectivity index (χ1) is 13.1. The van der Waals surface area contributed by atoms with Gasteiger partial charge in [0.2, 0.25) is 0 Å². The quantitative estimate of drug-likeness (QED) is 0.728. The highest BCUT2D eigenvalue weighted by Crippen LogP contribution is 2.28. The Labute approximate surface area is 169 Å². The fraction of sp³-hybridized carbons (Fsp3) is 0.529. The van der Waals surface area contributed by atoms with Gasteiger partial charge in [-0.3, -0.25) is 9.18 Å². The SMILES string of the molecule is CC(C)(C)OC(=O)N1CC(CF)C(Nc2c(C(N)=O)cnn3cc(Br)nc23)C1. The molecule has 28 heavy (non-hydrogen) atoms. The van der Waals surface area contributed by atoms with E-state index in [4.69, 9.17) is 10.5 Å². The summed E-state index contributed by atoms with van der Waals surface area (Å²) < 4.78 is 21.0. The molecular weight excluding hydrogens is 435 g/mol. The smallest absolute Gasteiger partial charge is 0.410 e. The maximum atomic E-state index is 13.7. The Hall–Kier alpha value is -2.43.